The van der Waals surface area contributed by atoms with Crippen LogP contribution in [0.1, 0.15) is 16.1 Å². The molecule has 1 amide bonds. The molecule has 9 heteroatoms. The number of para-hydroxylation sites is 1. The number of hydrogen-bond donors (Lipinski definition) is 1. The van der Waals surface area contributed by atoms with E-state index in [1.165, 1.54) is 18.2 Å². The highest BCUT2D eigenvalue weighted by molar-refractivity contribution is 7.90. The summed E-state index contributed by atoms with van der Waals surface area (Å²) in [5.41, 5.74) is 0.182. The summed E-state index contributed by atoms with van der Waals surface area (Å²) in [6.45, 7) is 0. The van der Waals surface area contributed by atoms with E-state index >= 15 is 0 Å². The van der Waals surface area contributed by atoms with E-state index < -0.39 is 32.5 Å². The van der Waals surface area contributed by atoms with Gasteiger partial charge in [0.1, 0.15) is 5.82 Å². The van der Waals surface area contributed by atoms with Crippen molar-refractivity contribution in [3.8, 4) is 0 Å². The molecule has 0 unspecified atom stereocenters. The topological polar surface area (TPSA) is 89.0 Å². The Morgan fingerprint density at radius 3 is 2.44 bits per heavy atom. The Labute approximate surface area is 160 Å². The molecule has 1 heterocycles. The quantitative estimate of drug-likeness (QED) is 0.656. The fourth-order valence-corrected chi connectivity index (χ4v) is 3.65. The number of sulfone groups is 1. The van der Waals surface area contributed by atoms with Crippen molar-refractivity contribution >= 4 is 33.0 Å². The first-order chi connectivity index (χ1) is 12.9. The van der Waals surface area contributed by atoms with E-state index in [-0.39, 0.29) is 16.3 Å². The molecule has 0 aliphatic rings. The summed E-state index contributed by atoms with van der Waals surface area (Å²) >= 11 is 5.95. The number of nitrogens with zero attached hydrogens (tertiary/aromatic N) is 2. The second kappa shape index (κ2) is 7.81. The van der Waals surface area contributed by atoms with Gasteiger partial charge < -0.3 is 5.32 Å². The van der Waals surface area contributed by atoms with Gasteiger partial charge in [0.15, 0.2) is 5.69 Å². The van der Waals surface area contributed by atoms with Gasteiger partial charge in [-0.1, -0.05) is 48.0 Å². The molecule has 1 N–H and O–H groups in total. The molecule has 27 heavy (non-hydrogen) atoms. The van der Waals surface area contributed by atoms with E-state index in [0.717, 1.165) is 12.3 Å². The zero-order valence-corrected chi connectivity index (χ0v) is 15.3. The number of carbonyl (C=O) groups is 1. The zero-order chi connectivity index (χ0) is 19.4. The van der Waals surface area contributed by atoms with Crippen molar-refractivity contribution in [2.24, 2.45) is 0 Å². The van der Waals surface area contributed by atoms with Gasteiger partial charge in [-0.3, -0.25) is 4.79 Å². The first-order valence-electron chi connectivity index (χ1n) is 7.72. The van der Waals surface area contributed by atoms with Crippen molar-refractivity contribution in [3.05, 3.63) is 82.9 Å². The summed E-state index contributed by atoms with van der Waals surface area (Å²) in [4.78, 5) is 19.9. The Morgan fingerprint density at radius 1 is 1.07 bits per heavy atom. The van der Waals surface area contributed by atoms with E-state index in [4.69, 9.17) is 11.6 Å². The second-order valence-electron chi connectivity index (χ2n) is 5.52. The molecule has 0 atom stereocenters. The molecule has 6 nitrogen and oxygen atoms in total. The van der Waals surface area contributed by atoms with Crippen LogP contribution in [0.2, 0.25) is 5.02 Å². The smallest absolute Gasteiger partial charge is 0.275 e. The Morgan fingerprint density at radius 2 is 1.74 bits per heavy atom. The number of anilines is 1. The van der Waals surface area contributed by atoms with Crippen LogP contribution in [0.5, 0.6) is 0 Å². The first kappa shape index (κ1) is 18.9. The zero-order valence-electron chi connectivity index (χ0n) is 13.8. The lowest BCUT2D eigenvalue weighted by atomic mass is 10.2. The molecular weight excluding hydrogens is 393 g/mol. The van der Waals surface area contributed by atoms with Crippen LogP contribution in [0.4, 0.5) is 10.1 Å². The number of amides is 1. The van der Waals surface area contributed by atoms with Crippen molar-refractivity contribution in [1.82, 2.24) is 9.97 Å². The molecule has 138 valence electrons. The van der Waals surface area contributed by atoms with Crippen LogP contribution in [0.3, 0.4) is 0 Å². The molecule has 0 fully saturated rings. The summed E-state index contributed by atoms with van der Waals surface area (Å²) < 4.78 is 38.8. The molecule has 3 aromatic rings. The van der Waals surface area contributed by atoms with Crippen molar-refractivity contribution in [3.63, 3.8) is 0 Å². The Balaban J connectivity index is 1.90. The number of carbonyl (C=O) groups excluding carboxylic acids is 1. The molecule has 0 aliphatic heterocycles. The third-order valence-electron chi connectivity index (χ3n) is 3.55. The summed E-state index contributed by atoms with van der Waals surface area (Å²) in [6.07, 6.45) is 1.03. The maximum Gasteiger partial charge on any atom is 0.275 e. The minimum atomic E-state index is -4.08. The van der Waals surface area contributed by atoms with Crippen molar-refractivity contribution in [2.75, 3.05) is 5.32 Å². The lowest BCUT2D eigenvalue weighted by Crippen LogP contribution is -2.18. The molecule has 2 aromatic carbocycles. The number of halogens is 2. The number of aromatic nitrogens is 2. The third kappa shape index (κ3) is 4.47. The summed E-state index contributed by atoms with van der Waals surface area (Å²) in [5, 5.41) is 1.86. The van der Waals surface area contributed by atoms with Gasteiger partial charge in [0.25, 0.3) is 5.91 Å². The van der Waals surface area contributed by atoms with E-state index in [2.05, 4.69) is 15.3 Å². The molecule has 0 saturated heterocycles. The van der Waals surface area contributed by atoms with Crippen LogP contribution < -0.4 is 5.32 Å². The van der Waals surface area contributed by atoms with E-state index in [9.17, 15) is 17.6 Å². The molecular formula is C18H13ClFN3O3S. The Bertz CT molecular complexity index is 1090. The maximum absolute atomic E-state index is 13.8. The van der Waals surface area contributed by atoms with Crippen LogP contribution in [0.25, 0.3) is 0 Å². The van der Waals surface area contributed by atoms with Crippen LogP contribution in [0.15, 0.2) is 66.0 Å². The lowest BCUT2D eigenvalue weighted by Gasteiger charge is -2.08. The van der Waals surface area contributed by atoms with Gasteiger partial charge in [0.2, 0.25) is 15.0 Å². The van der Waals surface area contributed by atoms with Gasteiger partial charge in [-0.15, -0.1) is 0 Å². The maximum atomic E-state index is 13.8. The average Bonchev–Trinajstić information content (AvgIpc) is 2.64. The van der Waals surface area contributed by atoms with Crippen molar-refractivity contribution in [1.29, 1.82) is 0 Å². The molecule has 1 aromatic heterocycles. The fourth-order valence-electron chi connectivity index (χ4n) is 2.26. The van der Waals surface area contributed by atoms with Gasteiger partial charge in [-0.05, 0) is 18.2 Å². The van der Waals surface area contributed by atoms with Crippen LogP contribution in [-0.2, 0) is 15.6 Å². The number of rotatable bonds is 5. The van der Waals surface area contributed by atoms with Crippen LogP contribution in [-0.4, -0.2) is 24.3 Å². The molecule has 3 rings (SSSR count). The highest BCUT2D eigenvalue weighted by Gasteiger charge is 2.24. The number of hydrogen-bond acceptors (Lipinski definition) is 5. The molecule has 0 aliphatic carbocycles. The normalized spacial score (nSPS) is 11.2. The summed E-state index contributed by atoms with van der Waals surface area (Å²) in [7, 11) is -4.08. The minimum Gasteiger partial charge on any atom is -0.321 e. The number of nitrogens with one attached hydrogen (secondary N) is 1. The fraction of sp³-hybridized carbons (Fsp3) is 0.0556. The van der Waals surface area contributed by atoms with Gasteiger partial charge in [-0.25, -0.2) is 22.8 Å². The largest absolute Gasteiger partial charge is 0.321 e. The minimum absolute atomic E-state index is 0.0219. The van der Waals surface area contributed by atoms with Crippen LogP contribution in [0, 0.1) is 5.82 Å². The molecule has 0 saturated carbocycles. The van der Waals surface area contributed by atoms with E-state index in [1.54, 1.807) is 30.3 Å². The number of benzene rings is 2. The molecule has 0 spiro atoms. The lowest BCUT2D eigenvalue weighted by molar-refractivity contribution is 0.102. The summed E-state index contributed by atoms with van der Waals surface area (Å²) in [6, 6.07) is 14.0. The van der Waals surface area contributed by atoms with Gasteiger partial charge in [0, 0.05) is 11.3 Å². The first-order valence-corrected chi connectivity index (χ1v) is 9.75. The SMILES string of the molecule is O=C(Nc1ccccc1)c1nc(S(=O)(=O)Cc2ccccc2F)ncc1Cl. The third-order valence-corrected chi connectivity index (χ3v) is 5.27. The van der Waals surface area contributed by atoms with E-state index in [0.29, 0.717) is 5.69 Å². The second-order valence-corrected chi connectivity index (χ2v) is 7.81. The highest BCUT2D eigenvalue weighted by atomic mass is 35.5. The van der Waals surface area contributed by atoms with Gasteiger partial charge in [-0.2, -0.15) is 0 Å². The Hall–Kier alpha value is -2.84. The predicted molar refractivity (Wildman–Crippen MR) is 98.7 cm³/mol. The summed E-state index contributed by atoms with van der Waals surface area (Å²) in [5.74, 6) is -1.98. The van der Waals surface area contributed by atoms with E-state index in [1.807, 2.05) is 0 Å². The van der Waals surface area contributed by atoms with Gasteiger partial charge in [0.05, 0.1) is 17.0 Å². The van der Waals surface area contributed by atoms with Gasteiger partial charge >= 0.3 is 0 Å². The van der Waals surface area contributed by atoms with Crippen molar-refractivity contribution < 1.29 is 17.6 Å². The monoisotopic (exact) mass is 405 g/mol. The van der Waals surface area contributed by atoms with Crippen molar-refractivity contribution in [2.45, 2.75) is 10.9 Å². The predicted octanol–water partition coefficient (Wildman–Crippen LogP) is 3.50. The molecule has 0 radical (unpaired) electrons. The average molecular weight is 406 g/mol. The Kier molecular flexibility index (Phi) is 5.48. The molecule has 0 bridgehead atoms. The van der Waals surface area contributed by atoms with Crippen LogP contribution >= 0.6 is 11.6 Å². The highest BCUT2D eigenvalue weighted by Crippen LogP contribution is 2.20. The standard InChI is InChI=1S/C18H13ClFN3O3S/c19-14-10-21-18(27(25,26)11-12-6-4-5-9-15(12)20)23-16(14)17(24)22-13-7-2-1-3-8-13/h1-10H,11H2,(H,22,24).